The minimum atomic E-state index is -0.635. The largest absolute Gasteiger partial charge is 0.439 e. The molecule has 7 heteroatoms. The number of ether oxygens (including phenoxy) is 1. The van der Waals surface area contributed by atoms with Crippen LogP contribution in [-0.2, 0) is 22.5 Å². The van der Waals surface area contributed by atoms with Crippen molar-refractivity contribution in [3.8, 4) is 0 Å². The average molecular weight is 466 g/mol. The van der Waals surface area contributed by atoms with Crippen LogP contribution in [0.15, 0.2) is 54.6 Å². The van der Waals surface area contributed by atoms with Crippen molar-refractivity contribution >= 4 is 12.0 Å². The fourth-order valence-corrected chi connectivity index (χ4v) is 5.69. The van der Waals surface area contributed by atoms with E-state index in [4.69, 9.17) is 4.74 Å². The molecule has 3 aliphatic heterocycles. The van der Waals surface area contributed by atoms with Gasteiger partial charge >= 0.3 is 6.09 Å². The highest BCUT2D eigenvalue weighted by molar-refractivity contribution is 5.84. The van der Waals surface area contributed by atoms with E-state index in [1.165, 1.54) is 12.1 Å². The van der Waals surface area contributed by atoms with Gasteiger partial charge in [-0.2, -0.15) is 0 Å². The van der Waals surface area contributed by atoms with Gasteiger partial charge in [0, 0.05) is 19.5 Å². The predicted octanol–water partition coefficient (Wildman–Crippen LogP) is 3.70. The molecule has 6 nitrogen and oxygen atoms in total. The third-order valence-electron chi connectivity index (χ3n) is 7.71. The zero-order valence-electron chi connectivity index (χ0n) is 19.7. The minimum absolute atomic E-state index is 0.138. The van der Waals surface area contributed by atoms with E-state index in [0.717, 1.165) is 37.1 Å². The molecule has 0 N–H and O–H groups in total. The maximum Gasteiger partial charge on any atom is 0.410 e. The molecule has 1 unspecified atom stereocenters. The van der Waals surface area contributed by atoms with Crippen molar-refractivity contribution in [2.45, 2.75) is 37.8 Å². The van der Waals surface area contributed by atoms with Gasteiger partial charge in [0.25, 0.3) is 0 Å². The van der Waals surface area contributed by atoms with Gasteiger partial charge in [0.1, 0.15) is 5.82 Å². The molecule has 3 aliphatic rings. The van der Waals surface area contributed by atoms with Crippen molar-refractivity contribution in [1.82, 2.24) is 14.7 Å². The summed E-state index contributed by atoms with van der Waals surface area (Å²) in [4.78, 5) is 32.5. The van der Waals surface area contributed by atoms with Crippen LogP contribution in [0.1, 0.15) is 30.4 Å². The summed E-state index contributed by atoms with van der Waals surface area (Å²) in [5, 5.41) is 0. The highest BCUT2D eigenvalue weighted by Gasteiger charge is 2.53. The first-order valence-electron chi connectivity index (χ1n) is 12.1. The van der Waals surface area contributed by atoms with E-state index >= 15 is 0 Å². The molecule has 2 aromatic rings. The highest BCUT2D eigenvalue weighted by atomic mass is 19.1. The van der Waals surface area contributed by atoms with Crippen molar-refractivity contribution < 1.29 is 18.7 Å². The van der Waals surface area contributed by atoms with E-state index in [9.17, 15) is 14.0 Å². The van der Waals surface area contributed by atoms with Gasteiger partial charge in [0.15, 0.2) is 5.60 Å². The number of halogens is 1. The normalized spacial score (nSPS) is 24.6. The van der Waals surface area contributed by atoms with E-state index in [1.807, 2.05) is 35.2 Å². The van der Waals surface area contributed by atoms with E-state index in [-0.39, 0.29) is 17.8 Å². The molecule has 3 fully saturated rings. The van der Waals surface area contributed by atoms with E-state index in [0.29, 0.717) is 39.0 Å². The molecule has 1 atom stereocenters. The van der Waals surface area contributed by atoms with Crippen LogP contribution in [0.5, 0.6) is 0 Å². The first kappa shape index (κ1) is 22.8. The van der Waals surface area contributed by atoms with Crippen LogP contribution in [-0.4, -0.2) is 72.1 Å². The number of hydrogen-bond acceptors (Lipinski definition) is 4. The summed E-state index contributed by atoms with van der Waals surface area (Å²) in [6.45, 7) is 3.74. The van der Waals surface area contributed by atoms with Gasteiger partial charge in [-0.3, -0.25) is 9.69 Å². The zero-order valence-corrected chi connectivity index (χ0v) is 19.7. The third kappa shape index (κ3) is 4.53. The van der Waals surface area contributed by atoms with Crippen LogP contribution >= 0.6 is 0 Å². The van der Waals surface area contributed by atoms with Gasteiger partial charge < -0.3 is 14.5 Å². The Morgan fingerprint density at radius 1 is 0.941 bits per heavy atom. The third-order valence-corrected chi connectivity index (χ3v) is 7.71. The Hall–Kier alpha value is -2.93. The molecule has 180 valence electrons. The quantitative estimate of drug-likeness (QED) is 0.676. The lowest BCUT2D eigenvalue weighted by molar-refractivity contribution is -0.144. The van der Waals surface area contributed by atoms with Crippen LogP contribution < -0.4 is 0 Å². The summed E-state index contributed by atoms with van der Waals surface area (Å²) in [7, 11) is 2.08. The Kier molecular flexibility index (Phi) is 6.06. The first-order chi connectivity index (χ1) is 16.4. The SMILES string of the molecule is CN1CCC(Cc2ccc(F)cc2)(C(=O)N2CCC3(CN(Cc4ccccc4)C(=O)O3)C2)CC1. The molecule has 5 rings (SSSR count). The second-order valence-electron chi connectivity index (χ2n) is 10.3. The topological polar surface area (TPSA) is 53.1 Å². The summed E-state index contributed by atoms with van der Waals surface area (Å²) in [6.07, 6.45) is 2.48. The van der Waals surface area contributed by atoms with E-state index in [1.54, 1.807) is 17.0 Å². The van der Waals surface area contributed by atoms with Crippen LogP contribution in [0, 0.1) is 11.2 Å². The molecular weight excluding hydrogens is 433 g/mol. The summed E-state index contributed by atoms with van der Waals surface area (Å²) in [6, 6.07) is 16.4. The number of likely N-dealkylation sites (tertiary alicyclic amines) is 2. The lowest BCUT2D eigenvalue weighted by Crippen LogP contribution is -2.51. The van der Waals surface area contributed by atoms with Gasteiger partial charge in [0.05, 0.1) is 18.5 Å². The van der Waals surface area contributed by atoms with Crippen molar-refractivity contribution in [3.05, 3.63) is 71.5 Å². The van der Waals surface area contributed by atoms with Crippen LogP contribution in [0.25, 0.3) is 0 Å². The molecule has 0 aromatic heterocycles. The summed E-state index contributed by atoms with van der Waals surface area (Å²) in [5.74, 6) is -0.128. The zero-order chi connectivity index (χ0) is 23.8. The Morgan fingerprint density at radius 2 is 1.65 bits per heavy atom. The monoisotopic (exact) mass is 465 g/mol. The number of amides is 2. The van der Waals surface area contributed by atoms with Crippen LogP contribution in [0.4, 0.5) is 9.18 Å². The number of nitrogens with zero attached hydrogens (tertiary/aromatic N) is 3. The predicted molar refractivity (Wildman–Crippen MR) is 127 cm³/mol. The van der Waals surface area contributed by atoms with Gasteiger partial charge in [-0.15, -0.1) is 0 Å². The molecule has 2 amide bonds. The molecule has 34 heavy (non-hydrogen) atoms. The number of carbonyl (C=O) groups excluding carboxylic acids is 2. The summed E-state index contributed by atoms with van der Waals surface area (Å²) in [5.41, 5.74) is 0.897. The Balaban J connectivity index is 1.30. The van der Waals surface area contributed by atoms with E-state index in [2.05, 4.69) is 11.9 Å². The van der Waals surface area contributed by atoms with E-state index < -0.39 is 11.0 Å². The number of piperidine rings is 1. The van der Waals surface area contributed by atoms with Gasteiger partial charge in [-0.05, 0) is 62.7 Å². The average Bonchev–Trinajstić information content (AvgIpc) is 3.39. The molecule has 3 heterocycles. The van der Waals surface area contributed by atoms with Gasteiger partial charge in [-0.25, -0.2) is 9.18 Å². The molecular formula is C27H32FN3O3. The fourth-order valence-electron chi connectivity index (χ4n) is 5.69. The highest BCUT2D eigenvalue weighted by Crippen LogP contribution is 2.40. The number of rotatable bonds is 5. The van der Waals surface area contributed by atoms with Crippen LogP contribution in [0.2, 0.25) is 0 Å². The first-order valence-corrected chi connectivity index (χ1v) is 12.1. The van der Waals surface area contributed by atoms with Crippen molar-refractivity contribution in [2.75, 3.05) is 39.8 Å². The molecule has 2 aromatic carbocycles. The molecule has 1 spiro atoms. The molecule has 0 bridgehead atoms. The lowest BCUT2D eigenvalue weighted by Gasteiger charge is -2.42. The number of hydrogen-bond donors (Lipinski definition) is 0. The Morgan fingerprint density at radius 3 is 2.35 bits per heavy atom. The fraction of sp³-hybridized carbons (Fsp3) is 0.481. The van der Waals surface area contributed by atoms with Crippen molar-refractivity contribution in [2.24, 2.45) is 5.41 Å². The molecule has 0 saturated carbocycles. The number of carbonyl (C=O) groups is 2. The molecule has 0 radical (unpaired) electrons. The van der Waals surface area contributed by atoms with Gasteiger partial charge in [0.2, 0.25) is 5.91 Å². The van der Waals surface area contributed by atoms with Crippen molar-refractivity contribution in [1.29, 1.82) is 0 Å². The number of benzene rings is 2. The summed E-state index contributed by atoms with van der Waals surface area (Å²) >= 11 is 0. The minimum Gasteiger partial charge on any atom is -0.439 e. The second-order valence-corrected chi connectivity index (χ2v) is 10.3. The molecule has 0 aliphatic carbocycles. The van der Waals surface area contributed by atoms with Crippen molar-refractivity contribution in [3.63, 3.8) is 0 Å². The lowest BCUT2D eigenvalue weighted by atomic mass is 9.72. The maximum atomic E-state index is 14.0. The summed E-state index contributed by atoms with van der Waals surface area (Å²) < 4.78 is 19.3. The smallest absolute Gasteiger partial charge is 0.410 e. The van der Waals surface area contributed by atoms with Gasteiger partial charge in [-0.1, -0.05) is 42.5 Å². The second kappa shape index (κ2) is 9.02. The Labute approximate surface area is 200 Å². The maximum absolute atomic E-state index is 14.0. The standard InChI is InChI=1S/C27H32FN3O3/c1-29-14-11-26(12-15-29,17-21-7-9-23(28)10-8-21)24(32)30-16-13-27(19-30)20-31(25(33)34-27)18-22-5-3-2-4-6-22/h2-10H,11-20H2,1H3. The Bertz CT molecular complexity index is 1040. The van der Waals surface area contributed by atoms with Crippen LogP contribution in [0.3, 0.4) is 0 Å². The molecule has 3 saturated heterocycles.